The number of hydrogen-bond donors (Lipinski definition) is 1. The summed E-state index contributed by atoms with van der Waals surface area (Å²) in [5, 5.41) is 20.6. The molecule has 2 atom stereocenters. The SMILES string of the molecule is O=[N+]([O-])c1ccc(F)cc1CC1COCCC1O. The van der Waals surface area contributed by atoms with Crippen molar-refractivity contribution in [3.05, 3.63) is 39.7 Å². The molecule has 0 aliphatic carbocycles. The molecule has 1 aromatic carbocycles. The van der Waals surface area contributed by atoms with Gasteiger partial charge in [-0.1, -0.05) is 0 Å². The van der Waals surface area contributed by atoms with E-state index in [1.165, 1.54) is 0 Å². The molecule has 2 rings (SSSR count). The van der Waals surface area contributed by atoms with Crippen LogP contribution in [0, 0.1) is 21.8 Å². The predicted octanol–water partition coefficient (Wildman–Crippen LogP) is 1.67. The fourth-order valence-electron chi connectivity index (χ4n) is 2.16. The fraction of sp³-hybridized carbons (Fsp3) is 0.500. The van der Waals surface area contributed by atoms with E-state index in [-0.39, 0.29) is 18.0 Å². The minimum Gasteiger partial charge on any atom is -0.393 e. The highest BCUT2D eigenvalue weighted by Crippen LogP contribution is 2.26. The second kappa shape index (κ2) is 5.41. The number of halogens is 1. The van der Waals surface area contributed by atoms with Crippen molar-refractivity contribution in [3.8, 4) is 0 Å². The molecular formula is C12H14FNO4. The van der Waals surface area contributed by atoms with E-state index in [1.807, 2.05) is 0 Å². The second-order valence-electron chi connectivity index (χ2n) is 4.43. The molecule has 1 aliphatic rings. The van der Waals surface area contributed by atoms with Crippen molar-refractivity contribution in [1.82, 2.24) is 0 Å². The maximum atomic E-state index is 13.1. The summed E-state index contributed by atoms with van der Waals surface area (Å²) in [7, 11) is 0. The van der Waals surface area contributed by atoms with Crippen molar-refractivity contribution < 1.29 is 19.2 Å². The average molecular weight is 255 g/mol. The molecule has 5 nitrogen and oxygen atoms in total. The Labute approximate surface area is 103 Å². The van der Waals surface area contributed by atoms with E-state index >= 15 is 0 Å². The second-order valence-corrected chi connectivity index (χ2v) is 4.43. The molecule has 1 N–H and O–H groups in total. The lowest BCUT2D eigenvalue weighted by Gasteiger charge is -2.27. The molecule has 0 bridgehead atoms. The van der Waals surface area contributed by atoms with E-state index in [9.17, 15) is 19.6 Å². The zero-order valence-electron chi connectivity index (χ0n) is 9.71. The highest BCUT2D eigenvalue weighted by molar-refractivity contribution is 5.40. The Balaban J connectivity index is 2.21. The quantitative estimate of drug-likeness (QED) is 0.658. The Morgan fingerprint density at radius 2 is 2.33 bits per heavy atom. The Morgan fingerprint density at radius 1 is 1.56 bits per heavy atom. The van der Waals surface area contributed by atoms with Gasteiger partial charge in [-0.15, -0.1) is 0 Å². The number of nitro groups is 1. The van der Waals surface area contributed by atoms with Crippen LogP contribution in [0.15, 0.2) is 18.2 Å². The van der Waals surface area contributed by atoms with Gasteiger partial charge >= 0.3 is 0 Å². The highest BCUT2D eigenvalue weighted by Gasteiger charge is 2.27. The summed E-state index contributed by atoms with van der Waals surface area (Å²) in [5.74, 6) is -0.735. The highest BCUT2D eigenvalue weighted by atomic mass is 19.1. The molecule has 6 heteroatoms. The number of aliphatic hydroxyl groups excluding tert-OH is 1. The van der Waals surface area contributed by atoms with Crippen molar-refractivity contribution in [3.63, 3.8) is 0 Å². The van der Waals surface area contributed by atoms with Crippen LogP contribution in [0.25, 0.3) is 0 Å². The zero-order valence-corrected chi connectivity index (χ0v) is 9.71. The Kier molecular flexibility index (Phi) is 3.88. The molecule has 1 aromatic rings. The Bertz CT molecular complexity index is 452. The average Bonchev–Trinajstić information content (AvgIpc) is 2.32. The van der Waals surface area contributed by atoms with Gasteiger partial charge < -0.3 is 9.84 Å². The number of aliphatic hydroxyl groups is 1. The molecule has 0 spiro atoms. The van der Waals surface area contributed by atoms with Gasteiger partial charge in [0.05, 0.1) is 17.6 Å². The first-order valence-electron chi connectivity index (χ1n) is 5.76. The van der Waals surface area contributed by atoms with Crippen LogP contribution in [0.5, 0.6) is 0 Å². The number of rotatable bonds is 3. The van der Waals surface area contributed by atoms with Crippen LogP contribution in [-0.4, -0.2) is 29.3 Å². The third-order valence-electron chi connectivity index (χ3n) is 3.15. The lowest BCUT2D eigenvalue weighted by Crippen LogP contribution is -2.33. The van der Waals surface area contributed by atoms with E-state index in [4.69, 9.17) is 4.74 Å². The molecular weight excluding hydrogens is 241 g/mol. The van der Waals surface area contributed by atoms with Crippen LogP contribution in [0.2, 0.25) is 0 Å². The van der Waals surface area contributed by atoms with Gasteiger partial charge in [0.2, 0.25) is 0 Å². The summed E-state index contributed by atoms with van der Waals surface area (Å²) in [4.78, 5) is 10.3. The van der Waals surface area contributed by atoms with Crippen molar-refractivity contribution >= 4 is 5.69 Å². The standard InChI is InChI=1S/C12H14FNO4/c13-10-1-2-11(14(16)17)8(6-10)5-9-7-18-4-3-12(9)15/h1-2,6,9,12,15H,3-5,7H2. The third kappa shape index (κ3) is 2.83. The Hall–Kier alpha value is -1.53. The number of hydrogen-bond acceptors (Lipinski definition) is 4. The minimum atomic E-state index is -0.554. The van der Waals surface area contributed by atoms with Gasteiger partial charge in [-0.3, -0.25) is 10.1 Å². The summed E-state index contributed by atoms with van der Waals surface area (Å²) in [6.45, 7) is 0.831. The molecule has 1 heterocycles. The van der Waals surface area contributed by atoms with Crippen LogP contribution < -0.4 is 0 Å². The monoisotopic (exact) mass is 255 g/mol. The summed E-state index contributed by atoms with van der Waals surface area (Å²) in [6.07, 6.45) is 0.199. The molecule has 0 aromatic heterocycles. The molecule has 0 radical (unpaired) electrons. The van der Waals surface area contributed by atoms with E-state index < -0.39 is 16.8 Å². The first-order valence-corrected chi connectivity index (χ1v) is 5.76. The predicted molar refractivity (Wildman–Crippen MR) is 61.7 cm³/mol. The van der Waals surface area contributed by atoms with Gasteiger partial charge in [-0.2, -0.15) is 0 Å². The lowest BCUT2D eigenvalue weighted by molar-refractivity contribution is -0.385. The van der Waals surface area contributed by atoms with Crippen LogP contribution in [0.4, 0.5) is 10.1 Å². The normalized spacial score (nSPS) is 23.9. The van der Waals surface area contributed by atoms with Crippen LogP contribution in [-0.2, 0) is 11.2 Å². The Morgan fingerprint density at radius 3 is 3.00 bits per heavy atom. The van der Waals surface area contributed by atoms with Gasteiger partial charge in [-0.25, -0.2) is 4.39 Å². The maximum absolute atomic E-state index is 13.1. The topological polar surface area (TPSA) is 72.6 Å². The van der Waals surface area contributed by atoms with Crippen molar-refractivity contribution in [2.24, 2.45) is 5.92 Å². The maximum Gasteiger partial charge on any atom is 0.272 e. The van der Waals surface area contributed by atoms with Gasteiger partial charge in [0, 0.05) is 24.2 Å². The minimum absolute atomic E-state index is 0.117. The third-order valence-corrected chi connectivity index (χ3v) is 3.15. The number of ether oxygens (including phenoxy) is 1. The van der Waals surface area contributed by atoms with E-state index in [1.54, 1.807) is 0 Å². The van der Waals surface area contributed by atoms with E-state index in [0.29, 0.717) is 25.2 Å². The lowest BCUT2D eigenvalue weighted by atomic mass is 9.91. The van der Waals surface area contributed by atoms with Gasteiger partial charge in [-0.05, 0) is 25.0 Å². The zero-order chi connectivity index (χ0) is 13.1. The number of nitrogens with zero attached hydrogens (tertiary/aromatic N) is 1. The molecule has 0 saturated carbocycles. The molecule has 1 fully saturated rings. The largest absolute Gasteiger partial charge is 0.393 e. The van der Waals surface area contributed by atoms with Gasteiger partial charge in [0.1, 0.15) is 5.82 Å². The van der Waals surface area contributed by atoms with Gasteiger partial charge in [0.25, 0.3) is 5.69 Å². The fourth-order valence-corrected chi connectivity index (χ4v) is 2.16. The first-order chi connectivity index (χ1) is 8.58. The summed E-state index contributed by atoms with van der Waals surface area (Å²) in [5.41, 5.74) is 0.184. The van der Waals surface area contributed by atoms with E-state index in [2.05, 4.69) is 0 Å². The molecule has 18 heavy (non-hydrogen) atoms. The molecule has 1 aliphatic heterocycles. The molecule has 98 valence electrons. The van der Waals surface area contributed by atoms with Crippen molar-refractivity contribution in [2.75, 3.05) is 13.2 Å². The smallest absolute Gasteiger partial charge is 0.272 e. The number of benzene rings is 1. The summed E-state index contributed by atoms with van der Waals surface area (Å²) >= 11 is 0. The van der Waals surface area contributed by atoms with Crippen LogP contribution >= 0.6 is 0 Å². The summed E-state index contributed by atoms with van der Waals surface area (Å²) in [6, 6.07) is 3.37. The molecule has 0 amide bonds. The first kappa shape index (κ1) is 12.9. The van der Waals surface area contributed by atoms with Gasteiger partial charge in [0.15, 0.2) is 0 Å². The van der Waals surface area contributed by atoms with Crippen molar-refractivity contribution in [1.29, 1.82) is 0 Å². The number of nitro benzene ring substituents is 1. The van der Waals surface area contributed by atoms with Crippen LogP contribution in [0.1, 0.15) is 12.0 Å². The van der Waals surface area contributed by atoms with Crippen LogP contribution in [0.3, 0.4) is 0 Å². The molecule has 2 unspecified atom stereocenters. The van der Waals surface area contributed by atoms with E-state index in [0.717, 1.165) is 18.2 Å². The van der Waals surface area contributed by atoms with Crippen molar-refractivity contribution in [2.45, 2.75) is 18.9 Å². The molecule has 1 saturated heterocycles. The summed E-state index contributed by atoms with van der Waals surface area (Å²) < 4.78 is 18.4.